The van der Waals surface area contributed by atoms with Crippen LogP contribution in [-0.2, 0) is 0 Å². The highest BCUT2D eigenvalue weighted by atomic mass is 15.2. The molecule has 1 aliphatic heterocycles. The first-order valence-corrected chi connectivity index (χ1v) is 11.7. The summed E-state index contributed by atoms with van der Waals surface area (Å²) in [5.41, 5.74) is 11.4. The monoisotopic (exact) mass is 424 g/mol. The Hall–Kier alpha value is -3.09. The topological polar surface area (TPSA) is 15.6 Å². The number of allylic oxidation sites excluding steroid dienone is 2. The Morgan fingerprint density at radius 1 is 1.12 bits per heavy atom. The molecule has 1 heterocycles. The fraction of sp³-hybridized carbons (Fsp3) is 0.333. The standard InChI is InChI=1S/C30H36N2/c1-8-10-11-23(9-2)29-19-18-26-16-17-27(25-14-12-24(13-15-25)21(3)4)20-28(26)30(31-29)32(7)22(5)6/h9,12-18,20,22-23H,2-3,8,10-11H2,1,4-7H3. The molecular weight excluding hydrogens is 388 g/mol. The molecule has 1 aliphatic rings. The summed E-state index contributed by atoms with van der Waals surface area (Å²) in [7, 11) is 2.12. The van der Waals surface area contributed by atoms with E-state index in [1.807, 2.05) is 13.0 Å². The van der Waals surface area contributed by atoms with E-state index in [0.29, 0.717) is 6.04 Å². The predicted molar refractivity (Wildman–Crippen MR) is 141 cm³/mol. The van der Waals surface area contributed by atoms with Gasteiger partial charge >= 0.3 is 0 Å². The molecule has 0 spiro atoms. The van der Waals surface area contributed by atoms with E-state index >= 15 is 0 Å². The van der Waals surface area contributed by atoms with Crippen LogP contribution in [0.2, 0.25) is 0 Å². The molecule has 1 unspecified atom stereocenters. The molecule has 0 bridgehead atoms. The first kappa shape index (κ1) is 23.6. The Morgan fingerprint density at radius 3 is 2.41 bits per heavy atom. The molecule has 0 saturated carbocycles. The maximum Gasteiger partial charge on any atom is 0.137 e. The van der Waals surface area contributed by atoms with Gasteiger partial charge in [0.1, 0.15) is 5.84 Å². The van der Waals surface area contributed by atoms with Gasteiger partial charge in [-0.05, 0) is 61.6 Å². The maximum atomic E-state index is 5.17. The molecule has 0 amide bonds. The number of aliphatic imine (C=N–C) groups is 1. The van der Waals surface area contributed by atoms with Gasteiger partial charge in [-0.2, -0.15) is 0 Å². The number of rotatable bonds is 8. The first-order valence-electron chi connectivity index (χ1n) is 11.7. The summed E-state index contributed by atoms with van der Waals surface area (Å²) in [5.74, 6) is 1.21. The van der Waals surface area contributed by atoms with Crippen LogP contribution in [0.3, 0.4) is 0 Å². The lowest BCUT2D eigenvalue weighted by atomic mass is 9.96. The largest absolute Gasteiger partial charge is 0.357 e. The summed E-state index contributed by atoms with van der Waals surface area (Å²) in [5, 5.41) is 0. The van der Waals surface area contributed by atoms with Crippen molar-refractivity contribution in [2.75, 3.05) is 7.05 Å². The van der Waals surface area contributed by atoms with Gasteiger partial charge in [-0.25, -0.2) is 4.99 Å². The smallest absolute Gasteiger partial charge is 0.137 e. The quantitative estimate of drug-likeness (QED) is 0.310. The van der Waals surface area contributed by atoms with Crippen molar-refractivity contribution >= 4 is 17.5 Å². The van der Waals surface area contributed by atoms with Crippen LogP contribution in [0.25, 0.3) is 22.8 Å². The van der Waals surface area contributed by atoms with E-state index in [4.69, 9.17) is 4.99 Å². The Kier molecular flexibility index (Phi) is 7.72. The molecule has 2 aromatic carbocycles. The predicted octanol–water partition coefficient (Wildman–Crippen LogP) is 7.98. The third-order valence-corrected chi connectivity index (χ3v) is 6.22. The summed E-state index contributed by atoms with van der Waals surface area (Å²) in [4.78, 5) is 7.43. The van der Waals surface area contributed by atoms with Crippen LogP contribution in [-0.4, -0.2) is 23.8 Å². The average Bonchev–Trinajstić information content (AvgIpc) is 2.98. The second-order valence-electron chi connectivity index (χ2n) is 8.96. The molecule has 0 aromatic heterocycles. The zero-order chi connectivity index (χ0) is 23.3. The van der Waals surface area contributed by atoms with Gasteiger partial charge < -0.3 is 4.90 Å². The van der Waals surface area contributed by atoms with E-state index < -0.39 is 0 Å². The molecule has 32 heavy (non-hydrogen) atoms. The van der Waals surface area contributed by atoms with Crippen molar-refractivity contribution in [3.63, 3.8) is 0 Å². The van der Waals surface area contributed by atoms with E-state index in [1.54, 1.807) is 0 Å². The van der Waals surface area contributed by atoms with Crippen LogP contribution in [0, 0.1) is 5.92 Å². The van der Waals surface area contributed by atoms with Gasteiger partial charge in [0, 0.05) is 24.6 Å². The molecule has 2 aromatic rings. The number of hydrogen-bond acceptors (Lipinski definition) is 2. The average molecular weight is 425 g/mol. The van der Waals surface area contributed by atoms with Gasteiger partial charge in [-0.3, -0.25) is 0 Å². The summed E-state index contributed by atoms with van der Waals surface area (Å²) < 4.78 is 0. The van der Waals surface area contributed by atoms with Crippen LogP contribution in [0.1, 0.15) is 63.6 Å². The molecule has 1 atom stereocenters. The second-order valence-corrected chi connectivity index (χ2v) is 8.96. The van der Waals surface area contributed by atoms with E-state index in [2.05, 4.69) is 100 Å². The molecular formula is C30H36N2. The van der Waals surface area contributed by atoms with Crippen molar-refractivity contribution in [3.05, 3.63) is 89.8 Å². The number of hydrogen-bond donors (Lipinski definition) is 0. The summed E-state index contributed by atoms with van der Waals surface area (Å²) in [6.45, 7) is 16.8. The zero-order valence-corrected chi connectivity index (χ0v) is 20.3. The lowest BCUT2D eigenvalue weighted by Gasteiger charge is -2.27. The third-order valence-electron chi connectivity index (χ3n) is 6.22. The lowest BCUT2D eigenvalue weighted by molar-refractivity contribution is 0.417. The van der Waals surface area contributed by atoms with Crippen molar-refractivity contribution in [1.82, 2.24) is 4.90 Å². The minimum atomic E-state index is 0.213. The summed E-state index contributed by atoms with van der Waals surface area (Å²) in [6.07, 6.45) is 7.48. The van der Waals surface area contributed by atoms with Gasteiger partial charge in [-0.1, -0.05) is 80.1 Å². The lowest BCUT2D eigenvalue weighted by Crippen LogP contribution is -2.34. The number of nitrogens with zero attached hydrogens (tertiary/aromatic N) is 2. The van der Waals surface area contributed by atoms with E-state index in [-0.39, 0.29) is 5.92 Å². The minimum absolute atomic E-state index is 0.213. The Morgan fingerprint density at radius 2 is 1.81 bits per heavy atom. The summed E-state index contributed by atoms with van der Waals surface area (Å²) >= 11 is 0. The van der Waals surface area contributed by atoms with Gasteiger partial charge in [0.05, 0.1) is 5.70 Å². The molecule has 166 valence electrons. The fourth-order valence-electron chi connectivity index (χ4n) is 3.85. The molecule has 0 saturated heterocycles. The van der Waals surface area contributed by atoms with E-state index in [9.17, 15) is 0 Å². The number of amidine groups is 1. The van der Waals surface area contributed by atoms with Gasteiger partial charge in [0.15, 0.2) is 0 Å². The number of fused-ring (bicyclic) bond motifs is 1. The van der Waals surface area contributed by atoms with Crippen molar-refractivity contribution in [1.29, 1.82) is 0 Å². The van der Waals surface area contributed by atoms with Crippen LogP contribution >= 0.6 is 0 Å². The first-order chi connectivity index (χ1) is 15.3. The molecule has 0 aliphatic carbocycles. The molecule has 2 nitrogen and oxygen atoms in total. The van der Waals surface area contributed by atoms with Crippen LogP contribution in [0.5, 0.6) is 0 Å². The molecule has 2 heteroatoms. The van der Waals surface area contributed by atoms with Crippen LogP contribution in [0.15, 0.2) is 78.1 Å². The molecule has 3 rings (SSSR count). The van der Waals surface area contributed by atoms with Crippen LogP contribution in [0.4, 0.5) is 0 Å². The van der Waals surface area contributed by atoms with Crippen molar-refractivity contribution in [2.45, 2.75) is 53.0 Å². The second kappa shape index (κ2) is 10.5. The molecule has 0 N–H and O–H groups in total. The highest BCUT2D eigenvalue weighted by Gasteiger charge is 2.21. The van der Waals surface area contributed by atoms with Gasteiger partial charge in [0.25, 0.3) is 0 Å². The Labute approximate surface area is 194 Å². The maximum absolute atomic E-state index is 5.17. The van der Waals surface area contributed by atoms with Gasteiger partial charge in [-0.15, -0.1) is 6.58 Å². The SMILES string of the molecule is C=CC(CCCC)C1=C=Cc2ccc(-c3ccc(C(=C)C)cc3)cc2C(N(C)C(C)C)=N1. The Bertz CT molecular complexity index is 1080. The van der Waals surface area contributed by atoms with Crippen molar-refractivity contribution < 1.29 is 0 Å². The van der Waals surface area contributed by atoms with E-state index in [1.165, 1.54) is 16.7 Å². The van der Waals surface area contributed by atoms with E-state index in [0.717, 1.165) is 47.5 Å². The highest BCUT2D eigenvalue weighted by Crippen LogP contribution is 2.30. The Balaban J connectivity index is 2.09. The number of unbranched alkanes of at least 4 members (excludes halogenated alkanes) is 1. The minimum Gasteiger partial charge on any atom is -0.357 e. The van der Waals surface area contributed by atoms with Crippen LogP contribution < -0.4 is 0 Å². The zero-order valence-electron chi connectivity index (χ0n) is 20.3. The van der Waals surface area contributed by atoms with Crippen molar-refractivity contribution in [2.24, 2.45) is 10.9 Å². The molecule has 0 fully saturated rings. The highest BCUT2D eigenvalue weighted by molar-refractivity contribution is 6.04. The normalized spacial score (nSPS) is 13.7. The third kappa shape index (κ3) is 5.21. The van der Waals surface area contributed by atoms with Crippen molar-refractivity contribution in [3.8, 4) is 11.1 Å². The van der Waals surface area contributed by atoms with Gasteiger partial charge in [0.2, 0.25) is 0 Å². The summed E-state index contributed by atoms with van der Waals surface area (Å²) in [6, 6.07) is 15.6. The fourth-order valence-corrected chi connectivity index (χ4v) is 3.85. The number of benzene rings is 2. The molecule has 0 radical (unpaired) electrons.